The number of carbonyl (C=O) groups is 2. The van der Waals surface area contributed by atoms with Crippen molar-refractivity contribution < 1.29 is 14.3 Å². The summed E-state index contributed by atoms with van der Waals surface area (Å²) in [6.07, 6.45) is 0.219. The highest BCUT2D eigenvalue weighted by molar-refractivity contribution is 6.05. The molecule has 2 rings (SSSR count). The fraction of sp³-hybridized carbons (Fsp3) is 0.467. The number of amides is 2. The highest BCUT2D eigenvalue weighted by Gasteiger charge is 2.36. The van der Waals surface area contributed by atoms with Gasteiger partial charge in [-0.1, -0.05) is 18.2 Å². The first-order valence-electron chi connectivity index (χ1n) is 6.82. The molecular weight excluding hydrogens is 256 g/mol. The Bertz CT molecular complexity index is 516. The van der Waals surface area contributed by atoms with Gasteiger partial charge in [0.2, 0.25) is 11.8 Å². The largest absolute Gasteiger partial charge is 0.494 e. The van der Waals surface area contributed by atoms with E-state index >= 15 is 0 Å². The molecule has 1 aromatic carbocycles. The number of hydrogen-bond acceptors (Lipinski definition) is 4. The van der Waals surface area contributed by atoms with E-state index in [0.29, 0.717) is 6.61 Å². The van der Waals surface area contributed by atoms with Crippen molar-refractivity contribution in [2.45, 2.75) is 32.4 Å². The highest BCUT2D eigenvalue weighted by atomic mass is 16.5. The lowest BCUT2D eigenvalue weighted by molar-refractivity contribution is -0.137. The first-order chi connectivity index (χ1) is 9.54. The Balaban J connectivity index is 2.11. The molecule has 20 heavy (non-hydrogen) atoms. The van der Waals surface area contributed by atoms with Crippen LogP contribution in [0.2, 0.25) is 0 Å². The van der Waals surface area contributed by atoms with Gasteiger partial charge in [0.05, 0.1) is 19.1 Å². The second kappa shape index (κ2) is 6.05. The average molecular weight is 276 g/mol. The minimum atomic E-state index is -0.447. The van der Waals surface area contributed by atoms with Crippen LogP contribution in [-0.4, -0.2) is 36.4 Å². The minimum absolute atomic E-state index is 0.0639. The van der Waals surface area contributed by atoms with Gasteiger partial charge < -0.3 is 4.74 Å². The number of nitrogens with zero attached hydrogens (tertiary/aromatic N) is 1. The van der Waals surface area contributed by atoms with E-state index in [2.05, 4.69) is 5.32 Å². The summed E-state index contributed by atoms with van der Waals surface area (Å²) in [6, 6.07) is 7.21. The van der Waals surface area contributed by atoms with Gasteiger partial charge >= 0.3 is 0 Å². The van der Waals surface area contributed by atoms with Gasteiger partial charge in [-0.15, -0.1) is 0 Å². The number of hydrogen-bond donors (Lipinski definition) is 1. The molecule has 0 saturated carbocycles. The summed E-state index contributed by atoms with van der Waals surface area (Å²) >= 11 is 0. The smallest absolute Gasteiger partial charge is 0.246 e. The topological polar surface area (TPSA) is 58.6 Å². The van der Waals surface area contributed by atoms with Gasteiger partial charge in [0.25, 0.3) is 0 Å². The summed E-state index contributed by atoms with van der Waals surface area (Å²) < 4.78 is 5.59. The molecule has 5 heteroatoms. The monoisotopic (exact) mass is 276 g/mol. The maximum atomic E-state index is 11.9. The lowest BCUT2D eigenvalue weighted by Crippen LogP contribution is -2.38. The van der Waals surface area contributed by atoms with E-state index in [1.165, 1.54) is 11.9 Å². The highest BCUT2D eigenvalue weighted by Crippen LogP contribution is 2.26. The predicted octanol–water partition coefficient (Wildman–Crippen LogP) is 1.49. The van der Waals surface area contributed by atoms with Crippen molar-refractivity contribution in [1.82, 2.24) is 10.2 Å². The zero-order valence-corrected chi connectivity index (χ0v) is 12.1. The maximum absolute atomic E-state index is 11.9. The molecule has 0 bridgehead atoms. The van der Waals surface area contributed by atoms with Crippen LogP contribution in [0, 0.1) is 0 Å². The van der Waals surface area contributed by atoms with Crippen LogP contribution < -0.4 is 10.1 Å². The maximum Gasteiger partial charge on any atom is 0.246 e. The molecule has 1 heterocycles. The van der Waals surface area contributed by atoms with Gasteiger partial charge in [0.15, 0.2) is 0 Å². The lowest BCUT2D eigenvalue weighted by Gasteiger charge is -2.20. The molecule has 2 amide bonds. The number of ether oxygens (including phenoxy) is 1. The van der Waals surface area contributed by atoms with E-state index < -0.39 is 6.04 Å². The Morgan fingerprint density at radius 1 is 1.40 bits per heavy atom. The Morgan fingerprint density at radius 2 is 2.10 bits per heavy atom. The molecule has 2 unspecified atom stereocenters. The molecule has 1 aliphatic rings. The van der Waals surface area contributed by atoms with Gasteiger partial charge in [-0.3, -0.25) is 19.8 Å². The van der Waals surface area contributed by atoms with E-state index in [4.69, 9.17) is 4.74 Å². The van der Waals surface area contributed by atoms with Crippen LogP contribution in [0.3, 0.4) is 0 Å². The van der Waals surface area contributed by atoms with Crippen LogP contribution in [0.15, 0.2) is 24.3 Å². The third kappa shape index (κ3) is 2.82. The third-order valence-corrected chi connectivity index (χ3v) is 3.52. The van der Waals surface area contributed by atoms with Gasteiger partial charge in [-0.05, 0) is 19.9 Å². The fourth-order valence-corrected chi connectivity index (χ4v) is 2.40. The molecule has 2 atom stereocenters. The molecule has 0 aromatic heterocycles. The number of carbonyl (C=O) groups excluding carboxylic acids is 2. The summed E-state index contributed by atoms with van der Waals surface area (Å²) in [7, 11) is 1.52. The van der Waals surface area contributed by atoms with Crippen LogP contribution in [0.5, 0.6) is 5.75 Å². The second-order valence-electron chi connectivity index (χ2n) is 4.91. The van der Waals surface area contributed by atoms with Crippen molar-refractivity contribution in [3.63, 3.8) is 0 Å². The van der Waals surface area contributed by atoms with Crippen molar-refractivity contribution >= 4 is 11.8 Å². The van der Waals surface area contributed by atoms with Crippen LogP contribution in [0.25, 0.3) is 0 Å². The van der Waals surface area contributed by atoms with E-state index in [1.807, 2.05) is 38.1 Å². The molecule has 5 nitrogen and oxygen atoms in total. The average Bonchev–Trinajstić information content (AvgIpc) is 2.67. The van der Waals surface area contributed by atoms with Crippen molar-refractivity contribution in [3.05, 3.63) is 29.8 Å². The molecule has 1 N–H and O–H groups in total. The van der Waals surface area contributed by atoms with Crippen molar-refractivity contribution in [2.24, 2.45) is 0 Å². The lowest BCUT2D eigenvalue weighted by atomic mass is 10.1. The van der Waals surface area contributed by atoms with E-state index in [1.54, 1.807) is 0 Å². The van der Waals surface area contributed by atoms with Crippen molar-refractivity contribution in [2.75, 3.05) is 13.7 Å². The third-order valence-electron chi connectivity index (χ3n) is 3.52. The normalized spacial score (nSPS) is 20.4. The molecule has 1 aromatic rings. The summed E-state index contributed by atoms with van der Waals surface area (Å²) in [6.45, 7) is 4.49. The van der Waals surface area contributed by atoms with E-state index in [9.17, 15) is 9.59 Å². The van der Waals surface area contributed by atoms with E-state index in [0.717, 1.165) is 11.3 Å². The standard InChI is InChI=1S/C15H20N2O3/c1-4-20-13-8-6-5-7-11(13)10(2)16-12-9-14(18)17(3)15(12)19/h5-8,10,12,16H,4,9H2,1-3H3. The van der Waals surface area contributed by atoms with Crippen LogP contribution in [-0.2, 0) is 9.59 Å². The quantitative estimate of drug-likeness (QED) is 0.828. The summed E-state index contributed by atoms with van der Waals surface area (Å²) in [5, 5.41) is 3.21. The number of likely N-dealkylation sites (tertiary alicyclic amines) is 1. The van der Waals surface area contributed by atoms with Crippen LogP contribution >= 0.6 is 0 Å². The Morgan fingerprint density at radius 3 is 2.70 bits per heavy atom. The number of imide groups is 1. The number of nitrogens with one attached hydrogen (secondary N) is 1. The van der Waals surface area contributed by atoms with E-state index in [-0.39, 0.29) is 24.3 Å². The molecule has 0 spiro atoms. The number of likely N-dealkylation sites (N-methyl/N-ethyl adjacent to an activating group) is 1. The molecule has 0 aliphatic carbocycles. The second-order valence-corrected chi connectivity index (χ2v) is 4.91. The first-order valence-corrected chi connectivity index (χ1v) is 6.82. The number of rotatable bonds is 5. The number of benzene rings is 1. The molecular formula is C15H20N2O3. The van der Waals surface area contributed by atoms with Crippen LogP contribution in [0.4, 0.5) is 0 Å². The molecule has 0 radical (unpaired) electrons. The molecule has 108 valence electrons. The van der Waals surface area contributed by atoms with Gasteiger partial charge in [-0.2, -0.15) is 0 Å². The van der Waals surface area contributed by atoms with Gasteiger partial charge in [0.1, 0.15) is 5.75 Å². The Hall–Kier alpha value is -1.88. The fourth-order valence-electron chi connectivity index (χ4n) is 2.40. The van der Waals surface area contributed by atoms with Crippen molar-refractivity contribution in [1.29, 1.82) is 0 Å². The minimum Gasteiger partial charge on any atom is -0.494 e. The Kier molecular flexibility index (Phi) is 4.39. The molecule has 1 fully saturated rings. The summed E-state index contributed by atoms with van der Waals surface area (Å²) in [4.78, 5) is 24.6. The number of para-hydroxylation sites is 1. The zero-order valence-electron chi connectivity index (χ0n) is 12.1. The van der Waals surface area contributed by atoms with Crippen LogP contribution in [0.1, 0.15) is 31.9 Å². The molecule has 1 saturated heterocycles. The molecule has 1 aliphatic heterocycles. The SMILES string of the molecule is CCOc1ccccc1C(C)NC1CC(=O)N(C)C1=O. The summed E-state index contributed by atoms with van der Waals surface area (Å²) in [5.41, 5.74) is 0.990. The van der Waals surface area contributed by atoms with Gasteiger partial charge in [0, 0.05) is 18.7 Å². The zero-order chi connectivity index (χ0) is 14.7. The summed E-state index contributed by atoms with van der Waals surface area (Å²) in [5.74, 6) is 0.494. The first kappa shape index (κ1) is 14.5. The predicted molar refractivity (Wildman–Crippen MR) is 75.3 cm³/mol. The van der Waals surface area contributed by atoms with Gasteiger partial charge in [-0.25, -0.2) is 0 Å². The van der Waals surface area contributed by atoms with Crippen molar-refractivity contribution in [3.8, 4) is 5.75 Å². The Labute approximate surface area is 118 Å².